The second-order valence-corrected chi connectivity index (χ2v) is 3.59. The number of aliphatic hydroxyl groups is 2. The summed E-state index contributed by atoms with van der Waals surface area (Å²) in [7, 11) is 0. The fourth-order valence-corrected chi connectivity index (χ4v) is 1.18. The molecule has 4 heteroatoms. The van der Waals surface area contributed by atoms with Gasteiger partial charge in [-0.15, -0.1) is 0 Å². The third-order valence-corrected chi connectivity index (χ3v) is 2.33. The summed E-state index contributed by atoms with van der Waals surface area (Å²) in [5.41, 5.74) is 1.85. The van der Waals surface area contributed by atoms with Crippen LogP contribution in [0, 0.1) is 6.92 Å². The summed E-state index contributed by atoms with van der Waals surface area (Å²) in [6.07, 6.45) is -0.741. The summed E-state index contributed by atoms with van der Waals surface area (Å²) >= 11 is 5.91. The molecule has 1 rings (SSSR count). The van der Waals surface area contributed by atoms with Gasteiger partial charge in [0, 0.05) is 17.3 Å². The monoisotopic (exact) mass is 215 g/mol. The molecule has 14 heavy (non-hydrogen) atoms. The Morgan fingerprint density at radius 3 is 2.79 bits per heavy atom. The number of aryl methyl sites for hydroxylation is 1. The maximum atomic E-state index is 9.10. The predicted molar refractivity (Wildman–Crippen MR) is 57.8 cm³/mol. The lowest BCUT2D eigenvalue weighted by molar-refractivity contribution is 0.105. The van der Waals surface area contributed by atoms with E-state index in [1.165, 1.54) is 0 Å². The first-order valence-corrected chi connectivity index (χ1v) is 4.80. The Morgan fingerprint density at radius 1 is 1.50 bits per heavy atom. The van der Waals surface area contributed by atoms with Crippen molar-refractivity contribution in [3.8, 4) is 0 Å². The molecular weight excluding hydrogens is 202 g/mol. The van der Waals surface area contributed by atoms with Gasteiger partial charge in [0.2, 0.25) is 0 Å². The lowest BCUT2D eigenvalue weighted by atomic mass is 10.2. The van der Waals surface area contributed by atoms with Gasteiger partial charge in [0.25, 0.3) is 0 Å². The van der Waals surface area contributed by atoms with Crippen LogP contribution in [0.1, 0.15) is 5.56 Å². The van der Waals surface area contributed by atoms with E-state index in [-0.39, 0.29) is 6.61 Å². The van der Waals surface area contributed by atoms with Crippen LogP contribution in [0.3, 0.4) is 0 Å². The summed E-state index contributed by atoms with van der Waals surface area (Å²) in [4.78, 5) is 0. The van der Waals surface area contributed by atoms with Crippen LogP contribution < -0.4 is 5.32 Å². The number of hydrogen-bond acceptors (Lipinski definition) is 3. The minimum Gasteiger partial charge on any atom is -0.394 e. The maximum Gasteiger partial charge on any atom is 0.0942 e. The van der Waals surface area contributed by atoms with Gasteiger partial charge in [0.05, 0.1) is 12.7 Å². The van der Waals surface area contributed by atoms with E-state index in [4.69, 9.17) is 21.8 Å². The Hall–Kier alpha value is -0.770. The molecule has 0 aromatic heterocycles. The van der Waals surface area contributed by atoms with Gasteiger partial charge in [0.15, 0.2) is 0 Å². The third-order valence-electron chi connectivity index (χ3n) is 1.92. The van der Waals surface area contributed by atoms with E-state index in [9.17, 15) is 0 Å². The van der Waals surface area contributed by atoms with Crippen molar-refractivity contribution in [2.24, 2.45) is 0 Å². The smallest absolute Gasteiger partial charge is 0.0942 e. The summed E-state index contributed by atoms with van der Waals surface area (Å²) < 4.78 is 0. The summed E-state index contributed by atoms with van der Waals surface area (Å²) in [6.45, 7) is 2.00. The van der Waals surface area contributed by atoms with Crippen LogP contribution in [-0.4, -0.2) is 29.5 Å². The van der Waals surface area contributed by atoms with Gasteiger partial charge in [0.1, 0.15) is 0 Å². The predicted octanol–water partition coefficient (Wildman–Crippen LogP) is 1.41. The molecule has 1 unspecified atom stereocenters. The fourth-order valence-electron chi connectivity index (χ4n) is 1.00. The fraction of sp³-hybridized carbons (Fsp3) is 0.400. The second kappa shape index (κ2) is 5.20. The highest BCUT2D eigenvalue weighted by Crippen LogP contribution is 2.19. The first kappa shape index (κ1) is 11.3. The molecule has 0 aliphatic rings. The lowest BCUT2D eigenvalue weighted by Crippen LogP contribution is -2.22. The number of anilines is 1. The van der Waals surface area contributed by atoms with Crippen LogP contribution in [0.4, 0.5) is 5.69 Å². The first-order valence-electron chi connectivity index (χ1n) is 4.42. The molecule has 0 radical (unpaired) electrons. The van der Waals surface area contributed by atoms with Crippen LogP contribution >= 0.6 is 11.6 Å². The normalized spacial score (nSPS) is 12.6. The van der Waals surface area contributed by atoms with Gasteiger partial charge < -0.3 is 15.5 Å². The SMILES string of the molecule is Cc1ccc(NCC(O)CO)cc1Cl. The first-order chi connectivity index (χ1) is 6.63. The van der Waals surface area contributed by atoms with Crippen molar-refractivity contribution in [3.63, 3.8) is 0 Å². The Labute approximate surface area is 88.3 Å². The topological polar surface area (TPSA) is 52.5 Å². The van der Waals surface area contributed by atoms with Crippen molar-refractivity contribution in [1.82, 2.24) is 0 Å². The van der Waals surface area contributed by atoms with Crippen molar-refractivity contribution in [2.75, 3.05) is 18.5 Å². The van der Waals surface area contributed by atoms with Crippen molar-refractivity contribution >= 4 is 17.3 Å². The number of aliphatic hydroxyl groups excluding tert-OH is 2. The second-order valence-electron chi connectivity index (χ2n) is 3.18. The third kappa shape index (κ3) is 3.18. The molecule has 78 valence electrons. The van der Waals surface area contributed by atoms with E-state index in [1.54, 1.807) is 6.07 Å². The number of hydrogen-bond donors (Lipinski definition) is 3. The van der Waals surface area contributed by atoms with E-state index in [2.05, 4.69) is 5.32 Å². The molecule has 1 aromatic rings. The Kier molecular flexibility index (Phi) is 4.20. The largest absolute Gasteiger partial charge is 0.394 e. The van der Waals surface area contributed by atoms with Gasteiger partial charge in [-0.1, -0.05) is 17.7 Å². The van der Waals surface area contributed by atoms with Gasteiger partial charge in [-0.2, -0.15) is 0 Å². The minimum atomic E-state index is -0.741. The average molecular weight is 216 g/mol. The number of rotatable bonds is 4. The van der Waals surface area contributed by atoms with Crippen LogP contribution in [0.15, 0.2) is 18.2 Å². The molecule has 0 bridgehead atoms. The quantitative estimate of drug-likeness (QED) is 0.712. The maximum absolute atomic E-state index is 9.10. The molecular formula is C10H14ClNO2. The molecule has 0 heterocycles. The molecule has 0 aliphatic carbocycles. The Morgan fingerprint density at radius 2 is 2.21 bits per heavy atom. The number of halogens is 1. The molecule has 0 spiro atoms. The highest BCUT2D eigenvalue weighted by Gasteiger charge is 2.02. The molecule has 3 N–H and O–H groups in total. The zero-order valence-corrected chi connectivity index (χ0v) is 8.75. The van der Waals surface area contributed by atoms with Gasteiger partial charge in [-0.3, -0.25) is 0 Å². The molecule has 0 amide bonds. The zero-order chi connectivity index (χ0) is 10.6. The van der Waals surface area contributed by atoms with Crippen LogP contribution in [-0.2, 0) is 0 Å². The highest BCUT2D eigenvalue weighted by molar-refractivity contribution is 6.31. The lowest BCUT2D eigenvalue weighted by Gasteiger charge is -2.10. The van der Waals surface area contributed by atoms with Crippen LogP contribution in [0.5, 0.6) is 0 Å². The highest BCUT2D eigenvalue weighted by atomic mass is 35.5. The molecule has 0 saturated heterocycles. The van der Waals surface area contributed by atoms with Crippen molar-refractivity contribution in [3.05, 3.63) is 28.8 Å². The van der Waals surface area contributed by atoms with E-state index in [0.717, 1.165) is 11.3 Å². The molecule has 0 aliphatic heterocycles. The molecule has 1 aromatic carbocycles. The minimum absolute atomic E-state index is 0.243. The van der Waals surface area contributed by atoms with E-state index in [1.807, 2.05) is 19.1 Å². The van der Waals surface area contributed by atoms with Gasteiger partial charge in [-0.05, 0) is 24.6 Å². The van der Waals surface area contributed by atoms with Crippen molar-refractivity contribution in [2.45, 2.75) is 13.0 Å². The number of benzene rings is 1. The van der Waals surface area contributed by atoms with E-state index < -0.39 is 6.10 Å². The Bertz CT molecular complexity index is 304. The van der Waals surface area contributed by atoms with Gasteiger partial charge in [-0.25, -0.2) is 0 Å². The van der Waals surface area contributed by atoms with Crippen LogP contribution in [0.25, 0.3) is 0 Å². The van der Waals surface area contributed by atoms with E-state index >= 15 is 0 Å². The zero-order valence-electron chi connectivity index (χ0n) is 8.00. The summed E-state index contributed by atoms with van der Waals surface area (Å²) in [5.74, 6) is 0. The van der Waals surface area contributed by atoms with Crippen molar-refractivity contribution < 1.29 is 10.2 Å². The molecule has 1 atom stereocenters. The van der Waals surface area contributed by atoms with Gasteiger partial charge >= 0.3 is 0 Å². The summed E-state index contributed by atoms with van der Waals surface area (Å²) in [6, 6.07) is 5.57. The average Bonchev–Trinajstić information content (AvgIpc) is 2.19. The summed E-state index contributed by atoms with van der Waals surface area (Å²) in [5, 5.41) is 21.4. The van der Waals surface area contributed by atoms with E-state index in [0.29, 0.717) is 11.6 Å². The standard InChI is InChI=1S/C10H14ClNO2/c1-7-2-3-8(4-10(7)11)12-5-9(14)6-13/h2-4,9,12-14H,5-6H2,1H3. The Balaban J connectivity index is 2.55. The van der Waals surface area contributed by atoms with Crippen molar-refractivity contribution in [1.29, 1.82) is 0 Å². The van der Waals surface area contributed by atoms with Crippen LogP contribution in [0.2, 0.25) is 5.02 Å². The molecule has 0 fully saturated rings. The number of nitrogens with one attached hydrogen (secondary N) is 1. The molecule has 0 saturated carbocycles. The molecule has 3 nitrogen and oxygen atoms in total.